The lowest BCUT2D eigenvalue weighted by molar-refractivity contribution is -0.379. The molecule has 19 heteroatoms. The molecule has 3 fully saturated rings. The minimum atomic E-state index is -1.98. The number of carbonyl (C=O) groups is 1. The first-order valence-corrected chi connectivity index (χ1v) is 40.4. The number of unbranched alkanes of at least 4 members (excludes halogenated alkanes) is 42. The molecule has 0 bridgehead atoms. The lowest BCUT2D eigenvalue weighted by Gasteiger charge is -2.48. The topological polar surface area (TPSA) is 307 Å². The SMILES string of the molecule is CCCCCCC/C=C\C/C=C\C/C=C\CCCCCCCCCCCCCCC(=O)NC(COC1OC(CO)C(OC2OC(CO)C(OC3OC(CO)C(O)C(O)C3O)C(O)C2O)C(O)C1O)C(O)/C=C/CCCCCCCCCCCCCCCCCCCCCCCCCCC. The van der Waals surface area contributed by atoms with Crippen LogP contribution in [0.4, 0.5) is 0 Å². The lowest BCUT2D eigenvalue weighted by Crippen LogP contribution is -2.66. The van der Waals surface area contributed by atoms with E-state index in [1.54, 1.807) is 6.08 Å². The minimum absolute atomic E-state index is 0.241. The van der Waals surface area contributed by atoms with Gasteiger partial charge in [0.1, 0.15) is 73.2 Å². The number of rotatable bonds is 64. The Morgan fingerprint density at radius 3 is 1.04 bits per heavy atom. The van der Waals surface area contributed by atoms with Gasteiger partial charge < -0.3 is 89.9 Å². The van der Waals surface area contributed by atoms with Gasteiger partial charge >= 0.3 is 0 Å². The van der Waals surface area contributed by atoms with Crippen LogP contribution in [0.5, 0.6) is 0 Å². The third kappa shape index (κ3) is 41.3. The molecule has 12 N–H and O–H groups in total. The van der Waals surface area contributed by atoms with Crippen molar-refractivity contribution in [2.24, 2.45) is 0 Å². The monoisotopic (exact) mass is 1410 g/mol. The summed E-state index contributed by atoms with van der Waals surface area (Å²) in [6.45, 7) is 1.77. The Bertz CT molecular complexity index is 1980. The summed E-state index contributed by atoms with van der Waals surface area (Å²) in [6.07, 6.45) is 49.4. The van der Waals surface area contributed by atoms with Gasteiger partial charge in [-0.15, -0.1) is 0 Å². The molecule has 17 atom stereocenters. The van der Waals surface area contributed by atoms with E-state index in [0.717, 1.165) is 64.2 Å². The highest BCUT2D eigenvalue weighted by atomic mass is 16.8. The second-order valence-corrected chi connectivity index (χ2v) is 28.9. The van der Waals surface area contributed by atoms with E-state index in [9.17, 15) is 61.0 Å². The smallest absolute Gasteiger partial charge is 0.220 e. The molecule has 1 amide bonds. The quantitative estimate of drug-likeness (QED) is 0.0199. The predicted octanol–water partition coefficient (Wildman–Crippen LogP) is 13.3. The fraction of sp³-hybridized carbons (Fsp3) is 0.887. The molecule has 19 nitrogen and oxygen atoms in total. The zero-order valence-electron chi connectivity index (χ0n) is 62.0. The Morgan fingerprint density at radius 2 is 0.667 bits per heavy atom. The van der Waals surface area contributed by atoms with Crippen LogP contribution >= 0.6 is 0 Å². The Balaban J connectivity index is 1.39. The number of carbonyl (C=O) groups excluding carboxylic acids is 1. The van der Waals surface area contributed by atoms with E-state index in [4.69, 9.17) is 28.4 Å². The molecular weight excluding hydrogens is 1260 g/mol. The van der Waals surface area contributed by atoms with Gasteiger partial charge in [-0.05, 0) is 57.8 Å². The maximum Gasteiger partial charge on any atom is 0.220 e. The van der Waals surface area contributed by atoms with E-state index in [1.165, 1.54) is 231 Å². The molecule has 3 aliphatic rings. The average molecular weight is 1410 g/mol. The molecule has 3 heterocycles. The molecule has 0 aromatic rings. The van der Waals surface area contributed by atoms with Crippen molar-refractivity contribution in [1.29, 1.82) is 0 Å². The molecule has 0 aliphatic carbocycles. The predicted molar refractivity (Wildman–Crippen MR) is 392 cm³/mol. The highest BCUT2D eigenvalue weighted by molar-refractivity contribution is 5.76. The summed E-state index contributed by atoms with van der Waals surface area (Å²) < 4.78 is 34.5. The molecule has 17 unspecified atom stereocenters. The van der Waals surface area contributed by atoms with Gasteiger partial charge in [0.05, 0.1) is 38.6 Å². The van der Waals surface area contributed by atoms with Crippen molar-refractivity contribution in [3.8, 4) is 0 Å². The molecule has 0 aromatic carbocycles. The van der Waals surface area contributed by atoms with Crippen LogP contribution in [0, 0.1) is 0 Å². The fourth-order valence-electron chi connectivity index (χ4n) is 13.6. The van der Waals surface area contributed by atoms with Crippen LogP contribution in [-0.4, -0.2) is 193 Å². The summed E-state index contributed by atoms with van der Waals surface area (Å²) in [7, 11) is 0. The summed E-state index contributed by atoms with van der Waals surface area (Å²) >= 11 is 0. The molecule has 580 valence electrons. The second kappa shape index (κ2) is 61.0. The third-order valence-electron chi connectivity index (χ3n) is 20.1. The van der Waals surface area contributed by atoms with Crippen molar-refractivity contribution < 1.29 is 89.4 Å². The molecule has 99 heavy (non-hydrogen) atoms. The van der Waals surface area contributed by atoms with Crippen molar-refractivity contribution in [2.45, 2.75) is 426 Å². The zero-order valence-corrected chi connectivity index (χ0v) is 62.0. The van der Waals surface area contributed by atoms with E-state index in [2.05, 4.69) is 55.6 Å². The summed E-state index contributed by atoms with van der Waals surface area (Å²) in [4.78, 5) is 13.5. The van der Waals surface area contributed by atoms with Crippen molar-refractivity contribution >= 4 is 5.91 Å². The number of ether oxygens (including phenoxy) is 6. The number of hydrogen-bond acceptors (Lipinski definition) is 18. The van der Waals surface area contributed by atoms with E-state index < -0.39 is 124 Å². The Labute approximate surface area is 599 Å². The molecular formula is C80H147NO18. The van der Waals surface area contributed by atoms with Crippen molar-refractivity contribution in [1.82, 2.24) is 5.32 Å². The number of hydrogen-bond donors (Lipinski definition) is 12. The van der Waals surface area contributed by atoms with E-state index in [-0.39, 0.29) is 18.9 Å². The van der Waals surface area contributed by atoms with Crippen molar-refractivity contribution in [2.75, 3.05) is 26.4 Å². The fourth-order valence-corrected chi connectivity index (χ4v) is 13.6. The molecule has 3 saturated heterocycles. The largest absolute Gasteiger partial charge is 0.394 e. The number of allylic oxidation sites excluding steroid dienone is 7. The normalized spacial score (nSPS) is 26.8. The Morgan fingerprint density at radius 1 is 0.364 bits per heavy atom. The van der Waals surface area contributed by atoms with Crippen LogP contribution in [0.3, 0.4) is 0 Å². The highest BCUT2D eigenvalue weighted by Gasteiger charge is 2.54. The van der Waals surface area contributed by atoms with Crippen LogP contribution in [0.1, 0.15) is 322 Å². The van der Waals surface area contributed by atoms with Crippen LogP contribution in [0.15, 0.2) is 48.6 Å². The van der Waals surface area contributed by atoms with Gasteiger partial charge in [-0.1, -0.05) is 306 Å². The van der Waals surface area contributed by atoms with Crippen LogP contribution in [0.2, 0.25) is 0 Å². The van der Waals surface area contributed by atoms with Crippen molar-refractivity contribution in [3.63, 3.8) is 0 Å². The summed E-state index contributed by atoms with van der Waals surface area (Å²) in [5, 5.41) is 121. The first kappa shape index (κ1) is 91.0. The molecule has 0 aromatic heterocycles. The summed E-state index contributed by atoms with van der Waals surface area (Å²) in [5.41, 5.74) is 0. The van der Waals surface area contributed by atoms with Crippen LogP contribution in [0.25, 0.3) is 0 Å². The molecule has 3 rings (SSSR count). The van der Waals surface area contributed by atoms with Gasteiger partial charge in [-0.2, -0.15) is 0 Å². The average Bonchev–Trinajstić information content (AvgIpc) is 0.784. The Hall–Kier alpha value is -2.25. The van der Waals surface area contributed by atoms with Gasteiger partial charge in [0, 0.05) is 6.42 Å². The number of aliphatic hydroxyl groups is 11. The van der Waals surface area contributed by atoms with Gasteiger partial charge in [-0.3, -0.25) is 4.79 Å². The van der Waals surface area contributed by atoms with Gasteiger partial charge in [-0.25, -0.2) is 0 Å². The van der Waals surface area contributed by atoms with Gasteiger partial charge in [0.25, 0.3) is 0 Å². The summed E-state index contributed by atoms with van der Waals surface area (Å²) in [5.74, 6) is -0.274. The second-order valence-electron chi connectivity index (χ2n) is 28.9. The lowest BCUT2D eigenvalue weighted by atomic mass is 9.96. The maximum atomic E-state index is 13.5. The standard InChI is InChI=1S/C80H147NO18/c1-3-5-7-9-11-13-15-17-19-21-23-25-27-29-31-33-35-37-39-41-43-45-47-49-51-53-55-57-64(85)63(81-68(86)58-56-54-52-50-48-46-44-42-40-38-36-34-32-30-28-26-24-22-20-18-16-14-12-10-8-6-4-2)62-94-78-74(92)71(89)76(66(60-83)96-78)99-80-75(93)72(90)77(67(61-84)97-80)98-79-73(91)70(88)69(87)65(59-82)95-79/h16,18,22,24,28,30,55,57,63-67,69-80,82-85,87-93H,3-15,17,19-21,23,25-27,29,31-54,56,58-62H2,1-2H3,(H,81,86)/b18-16-,24-22-,30-28-,57-55+. The van der Waals surface area contributed by atoms with Crippen LogP contribution in [-0.2, 0) is 33.2 Å². The molecule has 0 saturated carbocycles. The van der Waals surface area contributed by atoms with Crippen LogP contribution < -0.4 is 5.32 Å². The Kier molecular flexibility index (Phi) is 56.0. The van der Waals surface area contributed by atoms with Gasteiger partial charge in [0.15, 0.2) is 18.9 Å². The molecule has 0 spiro atoms. The molecule has 0 radical (unpaired) electrons. The maximum absolute atomic E-state index is 13.5. The minimum Gasteiger partial charge on any atom is -0.394 e. The van der Waals surface area contributed by atoms with E-state index >= 15 is 0 Å². The zero-order chi connectivity index (χ0) is 71.8. The van der Waals surface area contributed by atoms with Crippen molar-refractivity contribution in [3.05, 3.63) is 48.6 Å². The number of nitrogens with one attached hydrogen (secondary N) is 1. The van der Waals surface area contributed by atoms with Gasteiger partial charge in [0.2, 0.25) is 5.91 Å². The number of amides is 1. The molecule has 3 aliphatic heterocycles. The highest BCUT2D eigenvalue weighted by Crippen LogP contribution is 2.33. The number of aliphatic hydroxyl groups excluding tert-OH is 11. The summed E-state index contributed by atoms with van der Waals surface area (Å²) in [6, 6.07) is -0.977. The first-order chi connectivity index (χ1) is 48.3. The first-order valence-electron chi connectivity index (χ1n) is 40.4. The third-order valence-corrected chi connectivity index (χ3v) is 20.1. The van der Waals surface area contributed by atoms with E-state index in [0.29, 0.717) is 6.42 Å². The van der Waals surface area contributed by atoms with E-state index in [1.807, 2.05) is 6.08 Å².